The van der Waals surface area contributed by atoms with E-state index in [-0.39, 0.29) is 18.2 Å². The minimum atomic E-state index is -0.484. The number of carbonyl (C=O) groups excluding carboxylic acids is 4. The molecule has 0 atom stereocenters. The molecule has 0 bridgehead atoms. The first-order valence-electron chi connectivity index (χ1n) is 8.17. The molecule has 0 aliphatic rings. The van der Waals surface area contributed by atoms with Gasteiger partial charge in [-0.2, -0.15) is 0 Å². The maximum Gasteiger partial charge on any atom is 0.233 e. The summed E-state index contributed by atoms with van der Waals surface area (Å²) < 4.78 is 0. The monoisotopic (exact) mass is 368 g/mol. The van der Waals surface area contributed by atoms with Crippen LogP contribution in [0, 0.1) is 0 Å². The molecule has 0 spiro atoms. The molecule has 4 amide bonds. The Morgan fingerprint density at radius 2 is 1.04 bits per heavy atom. The van der Waals surface area contributed by atoms with Crippen molar-refractivity contribution in [2.45, 2.75) is 20.3 Å². The molecule has 0 unspecified atom stereocenters. The lowest BCUT2D eigenvalue weighted by Crippen LogP contribution is -2.21. The summed E-state index contributed by atoms with van der Waals surface area (Å²) in [7, 11) is 0. The summed E-state index contributed by atoms with van der Waals surface area (Å²) in [5, 5.41) is 10.4. The second-order valence-electron chi connectivity index (χ2n) is 5.79. The largest absolute Gasteiger partial charge is 0.326 e. The summed E-state index contributed by atoms with van der Waals surface area (Å²) in [4.78, 5) is 46.0. The van der Waals surface area contributed by atoms with Crippen LogP contribution in [0.3, 0.4) is 0 Å². The van der Waals surface area contributed by atoms with Crippen LogP contribution in [0.15, 0.2) is 48.5 Å². The van der Waals surface area contributed by atoms with Gasteiger partial charge in [0.2, 0.25) is 23.6 Å². The van der Waals surface area contributed by atoms with E-state index in [1.807, 2.05) is 0 Å². The van der Waals surface area contributed by atoms with Gasteiger partial charge in [0.1, 0.15) is 6.42 Å². The maximum absolute atomic E-state index is 12.0. The Morgan fingerprint density at radius 3 is 1.56 bits per heavy atom. The lowest BCUT2D eigenvalue weighted by atomic mass is 10.2. The molecule has 2 aromatic rings. The van der Waals surface area contributed by atoms with E-state index in [2.05, 4.69) is 21.3 Å². The second-order valence-corrected chi connectivity index (χ2v) is 5.79. The normalized spacial score (nSPS) is 9.85. The highest BCUT2D eigenvalue weighted by atomic mass is 16.2. The van der Waals surface area contributed by atoms with Gasteiger partial charge in [0, 0.05) is 36.6 Å². The first-order valence-corrected chi connectivity index (χ1v) is 8.17. The molecule has 0 heterocycles. The van der Waals surface area contributed by atoms with Crippen molar-refractivity contribution in [3.8, 4) is 0 Å². The van der Waals surface area contributed by atoms with Crippen molar-refractivity contribution < 1.29 is 19.2 Å². The average Bonchev–Trinajstić information content (AvgIpc) is 2.55. The van der Waals surface area contributed by atoms with Crippen LogP contribution in [0.1, 0.15) is 20.3 Å². The molecule has 0 saturated carbocycles. The zero-order chi connectivity index (χ0) is 19.8. The number of hydrogen-bond acceptors (Lipinski definition) is 4. The van der Waals surface area contributed by atoms with Crippen molar-refractivity contribution in [1.82, 2.24) is 0 Å². The minimum Gasteiger partial charge on any atom is -0.326 e. The molecular formula is C19H20N4O4. The molecule has 2 rings (SSSR count). The SMILES string of the molecule is CC(=O)Nc1ccc(NC(=O)CC(=O)Nc2cccc(NC(C)=O)c2)cc1. The van der Waals surface area contributed by atoms with E-state index in [1.54, 1.807) is 48.5 Å². The number of anilines is 4. The summed E-state index contributed by atoms with van der Waals surface area (Å²) in [6.45, 7) is 2.79. The first kappa shape index (κ1) is 19.6. The smallest absolute Gasteiger partial charge is 0.233 e. The van der Waals surface area contributed by atoms with Gasteiger partial charge in [-0.15, -0.1) is 0 Å². The molecule has 140 valence electrons. The summed E-state index contributed by atoms with van der Waals surface area (Å²) >= 11 is 0. The Labute approximate surface area is 156 Å². The molecule has 0 aromatic heterocycles. The van der Waals surface area contributed by atoms with E-state index in [0.717, 1.165) is 0 Å². The van der Waals surface area contributed by atoms with Crippen LogP contribution >= 0.6 is 0 Å². The Bertz CT molecular complexity index is 862. The Morgan fingerprint density at radius 1 is 0.630 bits per heavy atom. The summed E-state index contributed by atoms with van der Waals surface area (Å²) in [6.07, 6.45) is -0.363. The van der Waals surface area contributed by atoms with Crippen molar-refractivity contribution in [2.75, 3.05) is 21.3 Å². The predicted molar refractivity (Wildman–Crippen MR) is 103 cm³/mol. The highest BCUT2D eigenvalue weighted by Crippen LogP contribution is 2.16. The lowest BCUT2D eigenvalue weighted by molar-refractivity contribution is -0.124. The van der Waals surface area contributed by atoms with Gasteiger partial charge in [-0.25, -0.2) is 0 Å². The number of nitrogens with one attached hydrogen (secondary N) is 4. The molecular weight excluding hydrogens is 348 g/mol. The third kappa shape index (κ3) is 6.99. The van der Waals surface area contributed by atoms with Gasteiger partial charge in [-0.1, -0.05) is 6.07 Å². The van der Waals surface area contributed by atoms with Crippen LogP contribution in [0.2, 0.25) is 0 Å². The Kier molecular flexibility index (Phi) is 6.65. The summed E-state index contributed by atoms with van der Waals surface area (Å²) in [5.41, 5.74) is 2.13. The zero-order valence-corrected chi connectivity index (χ0v) is 15.0. The van der Waals surface area contributed by atoms with E-state index in [4.69, 9.17) is 0 Å². The molecule has 0 fully saturated rings. The van der Waals surface area contributed by atoms with Gasteiger partial charge in [-0.05, 0) is 42.5 Å². The van der Waals surface area contributed by atoms with E-state index in [9.17, 15) is 19.2 Å². The Balaban J connectivity index is 1.87. The molecule has 0 saturated heterocycles. The van der Waals surface area contributed by atoms with Crippen LogP contribution in [-0.2, 0) is 19.2 Å². The molecule has 27 heavy (non-hydrogen) atoms. The lowest BCUT2D eigenvalue weighted by Gasteiger charge is -2.09. The highest BCUT2D eigenvalue weighted by molar-refractivity contribution is 6.08. The molecule has 4 N–H and O–H groups in total. The fourth-order valence-corrected chi connectivity index (χ4v) is 2.27. The van der Waals surface area contributed by atoms with Gasteiger partial charge in [0.15, 0.2) is 0 Å². The van der Waals surface area contributed by atoms with Crippen molar-refractivity contribution in [1.29, 1.82) is 0 Å². The zero-order valence-electron chi connectivity index (χ0n) is 15.0. The number of hydrogen-bond donors (Lipinski definition) is 4. The highest BCUT2D eigenvalue weighted by Gasteiger charge is 2.10. The van der Waals surface area contributed by atoms with Gasteiger partial charge in [-0.3, -0.25) is 19.2 Å². The number of amides is 4. The van der Waals surface area contributed by atoms with Crippen LogP contribution in [0.4, 0.5) is 22.7 Å². The molecule has 0 aliphatic heterocycles. The van der Waals surface area contributed by atoms with Gasteiger partial charge < -0.3 is 21.3 Å². The summed E-state index contributed by atoms with van der Waals surface area (Å²) in [6, 6.07) is 13.1. The molecule has 8 nitrogen and oxygen atoms in total. The van der Waals surface area contributed by atoms with Crippen molar-refractivity contribution in [3.63, 3.8) is 0 Å². The van der Waals surface area contributed by atoms with Crippen LogP contribution in [0.5, 0.6) is 0 Å². The van der Waals surface area contributed by atoms with Gasteiger partial charge in [0.05, 0.1) is 0 Å². The third-order valence-corrected chi connectivity index (χ3v) is 3.28. The van der Waals surface area contributed by atoms with E-state index in [1.165, 1.54) is 13.8 Å². The van der Waals surface area contributed by atoms with Gasteiger partial charge in [0.25, 0.3) is 0 Å². The van der Waals surface area contributed by atoms with E-state index < -0.39 is 11.8 Å². The van der Waals surface area contributed by atoms with E-state index in [0.29, 0.717) is 22.7 Å². The predicted octanol–water partition coefficient (Wildman–Crippen LogP) is 2.57. The topological polar surface area (TPSA) is 116 Å². The second kappa shape index (κ2) is 9.14. The fraction of sp³-hybridized carbons (Fsp3) is 0.158. The standard InChI is InChI=1S/C19H20N4O4/c1-12(24)20-14-6-8-15(9-7-14)22-18(26)11-19(27)23-17-5-3-4-16(10-17)21-13(2)25/h3-10H,11H2,1-2H3,(H,20,24)(H,21,25)(H,22,26)(H,23,27). The van der Waals surface area contributed by atoms with E-state index >= 15 is 0 Å². The van der Waals surface area contributed by atoms with Crippen LogP contribution < -0.4 is 21.3 Å². The van der Waals surface area contributed by atoms with Crippen molar-refractivity contribution in [3.05, 3.63) is 48.5 Å². The maximum atomic E-state index is 12.0. The first-order chi connectivity index (χ1) is 12.8. The average molecular weight is 368 g/mol. The van der Waals surface area contributed by atoms with Crippen LogP contribution in [0.25, 0.3) is 0 Å². The number of carbonyl (C=O) groups is 4. The molecule has 0 radical (unpaired) electrons. The Hall–Kier alpha value is -3.68. The molecule has 0 aliphatic carbocycles. The molecule has 8 heteroatoms. The van der Waals surface area contributed by atoms with Crippen molar-refractivity contribution >= 4 is 46.4 Å². The fourth-order valence-electron chi connectivity index (χ4n) is 2.27. The van der Waals surface area contributed by atoms with Crippen molar-refractivity contribution in [2.24, 2.45) is 0 Å². The van der Waals surface area contributed by atoms with Gasteiger partial charge >= 0.3 is 0 Å². The minimum absolute atomic E-state index is 0.189. The number of rotatable bonds is 6. The quantitative estimate of drug-likeness (QED) is 0.586. The molecule has 2 aromatic carbocycles. The number of benzene rings is 2. The third-order valence-electron chi connectivity index (χ3n) is 3.28. The summed E-state index contributed by atoms with van der Waals surface area (Å²) in [5.74, 6) is -1.37. The van der Waals surface area contributed by atoms with Crippen LogP contribution in [-0.4, -0.2) is 23.6 Å².